The van der Waals surface area contributed by atoms with Gasteiger partial charge in [0.15, 0.2) is 0 Å². The fourth-order valence-corrected chi connectivity index (χ4v) is 2.01. The van der Waals surface area contributed by atoms with E-state index in [0.717, 1.165) is 21.3 Å². The van der Waals surface area contributed by atoms with Crippen molar-refractivity contribution >= 4 is 27.5 Å². The summed E-state index contributed by atoms with van der Waals surface area (Å²) < 4.78 is 0.990. The number of aryl methyl sites for hydroxylation is 1. The van der Waals surface area contributed by atoms with Crippen LogP contribution in [0.4, 0.5) is 5.69 Å². The Hall–Kier alpha value is -1.61. The van der Waals surface area contributed by atoms with E-state index in [0.29, 0.717) is 5.56 Å². The third kappa shape index (κ3) is 2.79. The first-order chi connectivity index (χ1) is 8.58. The van der Waals surface area contributed by atoms with Crippen LogP contribution < -0.4 is 5.32 Å². The van der Waals surface area contributed by atoms with Gasteiger partial charge in [-0.1, -0.05) is 39.7 Å². The highest BCUT2D eigenvalue weighted by Gasteiger charge is 2.08. The summed E-state index contributed by atoms with van der Waals surface area (Å²) in [5, 5.41) is 2.92. The molecule has 0 atom stereocenters. The van der Waals surface area contributed by atoms with Crippen LogP contribution in [0.1, 0.15) is 21.5 Å². The van der Waals surface area contributed by atoms with E-state index >= 15 is 0 Å². The molecule has 0 unspecified atom stereocenters. The van der Waals surface area contributed by atoms with E-state index in [1.807, 2.05) is 56.3 Å². The molecule has 3 heteroatoms. The number of hydrogen-bond donors (Lipinski definition) is 1. The van der Waals surface area contributed by atoms with Crippen molar-refractivity contribution < 1.29 is 4.79 Å². The van der Waals surface area contributed by atoms with Crippen molar-refractivity contribution in [1.82, 2.24) is 0 Å². The summed E-state index contributed by atoms with van der Waals surface area (Å²) >= 11 is 3.45. The molecule has 0 aliphatic rings. The third-order valence-electron chi connectivity index (χ3n) is 2.83. The molecule has 0 spiro atoms. The van der Waals surface area contributed by atoms with Crippen molar-refractivity contribution in [2.45, 2.75) is 13.8 Å². The second-order valence-corrected chi connectivity index (χ2v) is 5.09. The number of amides is 1. The van der Waals surface area contributed by atoms with Gasteiger partial charge in [-0.15, -0.1) is 0 Å². The lowest BCUT2D eigenvalue weighted by molar-refractivity contribution is 0.102. The van der Waals surface area contributed by atoms with E-state index in [1.165, 1.54) is 0 Å². The van der Waals surface area contributed by atoms with Gasteiger partial charge in [0.1, 0.15) is 0 Å². The lowest BCUT2D eigenvalue weighted by atomic mass is 10.1. The molecule has 0 heterocycles. The highest BCUT2D eigenvalue weighted by molar-refractivity contribution is 9.10. The first kappa shape index (κ1) is 12.8. The highest BCUT2D eigenvalue weighted by Crippen LogP contribution is 2.23. The van der Waals surface area contributed by atoms with Gasteiger partial charge in [0.2, 0.25) is 0 Å². The lowest BCUT2D eigenvalue weighted by Crippen LogP contribution is -2.12. The molecule has 2 nitrogen and oxygen atoms in total. The third-order valence-corrected chi connectivity index (χ3v) is 3.69. The average Bonchev–Trinajstić information content (AvgIpc) is 2.36. The molecule has 0 aromatic heterocycles. The fraction of sp³-hybridized carbons (Fsp3) is 0.133. The van der Waals surface area contributed by atoms with Crippen LogP contribution in [0.2, 0.25) is 0 Å². The molecule has 0 radical (unpaired) electrons. The van der Waals surface area contributed by atoms with Crippen molar-refractivity contribution in [1.29, 1.82) is 0 Å². The molecule has 18 heavy (non-hydrogen) atoms. The molecule has 1 N–H and O–H groups in total. The molecule has 0 saturated carbocycles. The SMILES string of the molecule is Cc1ccc(C(=O)Nc2cccc(Br)c2C)cc1. The number of halogens is 1. The molecule has 0 aliphatic heterocycles. The van der Waals surface area contributed by atoms with E-state index in [1.54, 1.807) is 0 Å². The summed E-state index contributed by atoms with van der Waals surface area (Å²) in [6.45, 7) is 3.97. The minimum Gasteiger partial charge on any atom is -0.322 e. The Balaban J connectivity index is 2.21. The number of rotatable bonds is 2. The monoisotopic (exact) mass is 303 g/mol. The Morgan fingerprint density at radius 1 is 1.06 bits per heavy atom. The Morgan fingerprint density at radius 2 is 1.72 bits per heavy atom. The zero-order valence-electron chi connectivity index (χ0n) is 10.3. The summed E-state index contributed by atoms with van der Waals surface area (Å²) in [5.74, 6) is -0.0869. The smallest absolute Gasteiger partial charge is 0.255 e. The fourth-order valence-electron chi connectivity index (χ4n) is 1.64. The number of carbonyl (C=O) groups excluding carboxylic acids is 1. The minimum absolute atomic E-state index is 0.0869. The Kier molecular flexibility index (Phi) is 3.82. The zero-order valence-corrected chi connectivity index (χ0v) is 11.9. The largest absolute Gasteiger partial charge is 0.322 e. The number of hydrogen-bond acceptors (Lipinski definition) is 1. The minimum atomic E-state index is -0.0869. The Labute approximate surface area is 115 Å². The molecule has 2 aromatic rings. The van der Waals surface area contributed by atoms with Crippen LogP contribution in [0, 0.1) is 13.8 Å². The number of carbonyl (C=O) groups is 1. The van der Waals surface area contributed by atoms with E-state index in [9.17, 15) is 4.79 Å². The normalized spacial score (nSPS) is 10.2. The maximum absolute atomic E-state index is 12.1. The van der Waals surface area contributed by atoms with E-state index in [2.05, 4.69) is 21.2 Å². The Bertz CT molecular complexity index is 576. The summed E-state index contributed by atoms with van der Waals surface area (Å²) in [6, 6.07) is 13.3. The van der Waals surface area contributed by atoms with Crippen LogP contribution >= 0.6 is 15.9 Å². The van der Waals surface area contributed by atoms with Crippen molar-refractivity contribution in [3.8, 4) is 0 Å². The predicted molar refractivity (Wildman–Crippen MR) is 78.0 cm³/mol. The quantitative estimate of drug-likeness (QED) is 0.879. The number of benzene rings is 2. The topological polar surface area (TPSA) is 29.1 Å². The first-order valence-corrected chi connectivity index (χ1v) is 6.50. The van der Waals surface area contributed by atoms with E-state index < -0.39 is 0 Å². The number of anilines is 1. The van der Waals surface area contributed by atoms with Gasteiger partial charge in [0, 0.05) is 15.7 Å². The lowest BCUT2D eigenvalue weighted by Gasteiger charge is -2.09. The standard InChI is InChI=1S/C15H14BrNO/c1-10-6-8-12(9-7-10)15(18)17-14-5-3-4-13(16)11(14)2/h3-9H,1-2H3,(H,17,18). The molecule has 0 fully saturated rings. The van der Waals surface area contributed by atoms with E-state index in [4.69, 9.17) is 0 Å². The molecule has 2 aromatic carbocycles. The molecule has 0 aliphatic carbocycles. The van der Waals surface area contributed by atoms with Crippen molar-refractivity contribution in [3.63, 3.8) is 0 Å². The molecule has 1 amide bonds. The molecular formula is C15H14BrNO. The summed E-state index contributed by atoms with van der Waals surface area (Å²) in [6.07, 6.45) is 0. The van der Waals surface area contributed by atoms with Gasteiger partial charge in [-0.3, -0.25) is 4.79 Å². The highest BCUT2D eigenvalue weighted by atomic mass is 79.9. The Morgan fingerprint density at radius 3 is 2.39 bits per heavy atom. The van der Waals surface area contributed by atoms with Crippen molar-refractivity contribution in [2.24, 2.45) is 0 Å². The van der Waals surface area contributed by atoms with Gasteiger partial charge in [-0.05, 0) is 43.7 Å². The first-order valence-electron chi connectivity index (χ1n) is 5.71. The van der Waals surface area contributed by atoms with Gasteiger partial charge in [-0.25, -0.2) is 0 Å². The second kappa shape index (κ2) is 5.36. The molecule has 0 bridgehead atoms. The average molecular weight is 304 g/mol. The van der Waals surface area contributed by atoms with E-state index in [-0.39, 0.29) is 5.91 Å². The molecular weight excluding hydrogens is 290 g/mol. The summed E-state index contributed by atoms with van der Waals surface area (Å²) in [7, 11) is 0. The second-order valence-electron chi connectivity index (χ2n) is 4.23. The molecule has 92 valence electrons. The van der Waals surface area contributed by atoms with Gasteiger partial charge in [0.25, 0.3) is 5.91 Å². The summed E-state index contributed by atoms with van der Waals surface area (Å²) in [5.41, 5.74) is 3.66. The number of nitrogens with one attached hydrogen (secondary N) is 1. The van der Waals surface area contributed by atoms with Crippen molar-refractivity contribution in [2.75, 3.05) is 5.32 Å². The van der Waals surface area contributed by atoms with Crippen LogP contribution in [0.15, 0.2) is 46.9 Å². The summed E-state index contributed by atoms with van der Waals surface area (Å²) in [4.78, 5) is 12.1. The van der Waals surface area contributed by atoms with Crippen LogP contribution in [0.5, 0.6) is 0 Å². The van der Waals surface area contributed by atoms with Gasteiger partial charge in [0.05, 0.1) is 0 Å². The van der Waals surface area contributed by atoms with Crippen LogP contribution in [-0.2, 0) is 0 Å². The maximum Gasteiger partial charge on any atom is 0.255 e. The van der Waals surface area contributed by atoms with Gasteiger partial charge in [-0.2, -0.15) is 0 Å². The van der Waals surface area contributed by atoms with Crippen molar-refractivity contribution in [3.05, 3.63) is 63.6 Å². The van der Waals surface area contributed by atoms with Crippen LogP contribution in [0.3, 0.4) is 0 Å². The molecule has 0 saturated heterocycles. The van der Waals surface area contributed by atoms with Crippen LogP contribution in [0.25, 0.3) is 0 Å². The van der Waals surface area contributed by atoms with Gasteiger partial charge >= 0.3 is 0 Å². The predicted octanol–water partition coefficient (Wildman–Crippen LogP) is 4.32. The maximum atomic E-state index is 12.1. The molecule has 2 rings (SSSR count). The van der Waals surface area contributed by atoms with Crippen LogP contribution in [-0.4, -0.2) is 5.91 Å². The van der Waals surface area contributed by atoms with Gasteiger partial charge < -0.3 is 5.32 Å². The zero-order chi connectivity index (χ0) is 13.1.